The number of piperidine rings is 1. The minimum atomic E-state index is -0.705. The Morgan fingerprint density at radius 1 is 1.14 bits per heavy atom. The number of hydrogen-bond donors (Lipinski definition) is 2. The van der Waals surface area contributed by atoms with Gasteiger partial charge in [0.25, 0.3) is 5.91 Å². The average Bonchev–Trinajstić information content (AvgIpc) is 3.38. The van der Waals surface area contributed by atoms with Crippen LogP contribution in [0.3, 0.4) is 0 Å². The predicted octanol–water partition coefficient (Wildman–Crippen LogP) is 3.39. The highest BCUT2D eigenvalue weighted by molar-refractivity contribution is 7.99. The number of nitrogens with zero attached hydrogens (tertiary/aromatic N) is 2. The van der Waals surface area contributed by atoms with Crippen LogP contribution in [0, 0.1) is 10.1 Å². The van der Waals surface area contributed by atoms with E-state index in [1.165, 1.54) is 42.7 Å². The van der Waals surface area contributed by atoms with E-state index in [4.69, 9.17) is 9.15 Å². The van der Waals surface area contributed by atoms with Crippen LogP contribution in [0.5, 0.6) is 5.75 Å². The van der Waals surface area contributed by atoms with E-state index in [0.29, 0.717) is 25.4 Å². The highest BCUT2D eigenvalue weighted by Gasteiger charge is 2.16. The molecule has 1 aliphatic rings. The monoisotopic (exact) mass is 516 g/mol. The molecule has 2 amide bonds. The number of furan rings is 1. The predicted molar refractivity (Wildman–Crippen MR) is 138 cm³/mol. The molecule has 2 aromatic rings. The second-order valence-corrected chi connectivity index (χ2v) is 9.38. The van der Waals surface area contributed by atoms with Gasteiger partial charge in [0.1, 0.15) is 17.3 Å². The van der Waals surface area contributed by atoms with Crippen molar-refractivity contribution in [3.8, 4) is 5.75 Å². The molecule has 0 atom stereocenters. The van der Waals surface area contributed by atoms with E-state index in [-0.39, 0.29) is 17.4 Å². The molecule has 0 aliphatic carbocycles. The summed E-state index contributed by atoms with van der Waals surface area (Å²) in [5, 5.41) is 16.0. The van der Waals surface area contributed by atoms with Crippen molar-refractivity contribution in [2.45, 2.75) is 25.8 Å². The van der Waals surface area contributed by atoms with Gasteiger partial charge < -0.3 is 19.8 Å². The van der Waals surface area contributed by atoms with Crippen LogP contribution in [0.1, 0.15) is 35.4 Å². The van der Waals surface area contributed by atoms with Gasteiger partial charge in [0.05, 0.1) is 11.8 Å². The number of ether oxygens (including phenoxy) is 1. The first-order chi connectivity index (χ1) is 17.5. The van der Waals surface area contributed by atoms with Crippen molar-refractivity contribution in [2.24, 2.45) is 0 Å². The van der Waals surface area contributed by atoms with Gasteiger partial charge in [-0.3, -0.25) is 24.6 Å². The zero-order valence-corrected chi connectivity index (χ0v) is 21.0. The van der Waals surface area contributed by atoms with Gasteiger partial charge >= 0.3 is 5.88 Å². The van der Waals surface area contributed by atoms with Gasteiger partial charge in [-0.25, -0.2) is 0 Å². The summed E-state index contributed by atoms with van der Waals surface area (Å²) in [5.74, 6) is 0.374. The third-order valence-corrected chi connectivity index (χ3v) is 6.40. The zero-order valence-electron chi connectivity index (χ0n) is 20.1. The number of hydrogen-bond acceptors (Lipinski definition) is 8. The van der Waals surface area contributed by atoms with E-state index in [1.54, 1.807) is 0 Å². The fourth-order valence-corrected chi connectivity index (χ4v) is 4.34. The van der Waals surface area contributed by atoms with Crippen LogP contribution in [0.2, 0.25) is 0 Å². The summed E-state index contributed by atoms with van der Waals surface area (Å²) >= 11 is 1.37. The lowest BCUT2D eigenvalue weighted by Crippen LogP contribution is -2.29. The lowest BCUT2D eigenvalue weighted by Gasteiger charge is -2.26. The van der Waals surface area contributed by atoms with Crippen molar-refractivity contribution in [3.63, 3.8) is 0 Å². The first kappa shape index (κ1) is 27.3. The molecule has 36 heavy (non-hydrogen) atoms. The van der Waals surface area contributed by atoms with Gasteiger partial charge in [0, 0.05) is 25.4 Å². The van der Waals surface area contributed by atoms with Gasteiger partial charge in [-0.1, -0.05) is 24.6 Å². The molecule has 1 aliphatic heterocycles. The maximum absolute atomic E-state index is 11.9. The molecule has 0 radical (unpaired) electrons. The van der Waals surface area contributed by atoms with Gasteiger partial charge in [0.15, 0.2) is 5.76 Å². The molecule has 2 N–H and O–H groups in total. The topological polar surface area (TPSA) is 127 Å². The van der Waals surface area contributed by atoms with Gasteiger partial charge in [-0.05, 0) is 55.8 Å². The second-order valence-electron chi connectivity index (χ2n) is 8.27. The molecule has 0 spiro atoms. The van der Waals surface area contributed by atoms with Crippen LogP contribution in [-0.4, -0.2) is 65.9 Å². The zero-order chi connectivity index (χ0) is 25.6. The molecule has 194 valence electrons. The van der Waals surface area contributed by atoms with Crippen molar-refractivity contribution in [1.82, 2.24) is 15.5 Å². The molecular weight excluding hydrogens is 484 g/mol. The van der Waals surface area contributed by atoms with Crippen LogP contribution in [0.4, 0.5) is 5.88 Å². The first-order valence-corrected chi connectivity index (χ1v) is 13.1. The summed E-state index contributed by atoms with van der Waals surface area (Å²) < 4.78 is 10.6. The highest BCUT2D eigenvalue weighted by Crippen LogP contribution is 2.18. The van der Waals surface area contributed by atoms with Crippen LogP contribution in [-0.2, 0) is 11.3 Å². The SMILES string of the molecule is O=C(CSCCNC(=O)c1ccc([N+](=O)[O-])o1)NCC=CCOc1cccc(CN2CCCCC2)c1. The molecule has 11 heteroatoms. The normalized spacial score (nSPS) is 14.0. The Morgan fingerprint density at radius 2 is 1.97 bits per heavy atom. The molecule has 0 unspecified atom stereocenters. The third-order valence-electron chi connectivity index (χ3n) is 5.44. The van der Waals surface area contributed by atoms with Crippen LogP contribution in [0.25, 0.3) is 0 Å². The fraction of sp³-hybridized carbons (Fsp3) is 0.440. The largest absolute Gasteiger partial charge is 0.490 e. The van der Waals surface area contributed by atoms with E-state index in [1.807, 2.05) is 24.3 Å². The number of amides is 2. The van der Waals surface area contributed by atoms with Crippen molar-refractivity contribution in [3.05, 3.63) is 70.0 Å². The molecule has 2 heterocycles. The molecule has 1 aromatic heterocycles. The van der Waals surface area contributed by atoms with Crippen LogP contribution < -0.4 is 15.4 Å². The first-order valence-electron chi connectivity index (χ1n) is 12.0. The van der Waals surface area contributed by atoms with E-state index < -0.39 is 16.7 Å². The molecule has 10 nitrogen and oxygen atoms in total. The summed E-state index contributed by atoms with van der Waals surface area (Å²) in [7, 11) is 0. The minimum Gasteiger partial charge on any atom is -0.490 e. The Kier molecular flexibility index (Phi) is 11.3. The van der Waals surface area contributed by atoms with Crippen LogP contribution in [0.15, 0.2) is 53.0 Å². The molecular formula is C25H32N4O6S. The van der Waals surface area contributed by atoms with Gasteiger partial charge in [0.2, 0.25) is 5.91 Å². The van der Waals surface area contributed by atoms with E-state index in [2.05, 4.69) is 27.7 Å². The Hall–Kier alpha value is -3.31. The maximum atomic E-state index is 11.9. The van der Waals surface area contributed by atoms with Crippen molar-refractivity contribution >= 4 is 29.5 Å². The summed E-state index contributed by atoms with van der Waals surface area (Å²) in [6, 6.07) is 10.6. The molecule has 0 bridgehead atoms. The van der Waals surface area contributed by atoms with E-state index in [0.717, 1.165) is 31.5 Å². The minimum absolute atomic E-state index is 0.107. The van der Waals surface area contributed by atoms with Gasteiger partial charge in [-0.15, -0.1) is 0 Å². The Bertz CT molecular complexity index is 1040. The highest BCUT2D eigenvalue weighted by atomic mass is 32.2. The lowest BCUT2D eigenvalue weighted by molar-refractivity contribution is -0.402. The molecule has 1 saturated heterocycles. The number of nitro groups is 1. The summed E-state index contributed by atoms with van der Waals surface area (Å²) in [5.41, 5.74) is 1.26. The smallest absolute Gasteiger partial charge is 0.433 e. The molecule has 3 rings (SSSR count). The molecule has 1 aromatic carbocycles. The van der Waals surface area contributed by atoms with E-state index in [9.17, 15) is 19.7 Å². The van der Waals surface area contributed by atoms with Crippen LogP contribution >= 0.6 is 11.8 Å². The number of rotatable bonds is 14. The Morgan fingerprint density at radius 3 is 2.75 bits per heavy atom. The molecule has 0 saturated carbocycles. The Balaban J connectivity index is 1.22. The van der Waals surface area contributed by atoms with Crippen molar-refractivity contribution in [2.75, 3.05) is 44.3 Å². The number of nitrogens with one attached hydrogen (secondary N) is 2. The standard InChI is InChI=1S/C25H32N4O6S/c30-23(19-36-16-12-27-25(31)22-9-10-24(35-22)29(32)33)26-11-2-5-15-34-21-8-6-7-20(17-21)18-28-13-3-1-4-14-28/h2,5-10,17H,1,3-4,11-16,18-19H2,(H,26,30)(H,27,31). The fourth-order valence-electron chi connectivity index (χ4n) is 3.67. The number of carbonyl (C=O) groups excluding carboxylic acids is 2. The van der Waals surface area contributed by atoms with E-state index >= 15 is 0 Å². The number of carbonyl (C=O) groups is 2. The number of thioether (sulfide) groups is 1. The third kappa shape index (κ3) is 9.74. The average molecular weight is 517 g/mol. The second kappa shape index (κ2) is 14.9. The Labute approximate surface area is 214 Å². The number of likely N-dealkylation sites (tertiary alicyclic amines) is 1. The quantitative estimate of drug-likeness (QED) is 0.169. The summed E-state index contributed by atoms with van der Waals surface area (Å²) in [6.07, 6.45) is 7.60. The van der Waals surface area contributed by atoms with Crippen molar-refractivity contribution in [1.29, 1.82) is 0 Å². The summed E-state index contributed by atoms with van der Waals surface area (Å²) in [6.45, 7) is 4.42. The molecule has 1 fully saturated rings. The maximum Gasteiger partial charge on any atom is 0.433 e. The van der Waals surface area contributed by atoms with Crippen molar-refractivity contribution < 1.29 is 23.7 Å². The number of benzene rings is 1. The lowest BCUT2D eigenvalue weighted by atomic mass is 10.1. The summed E-state index contributed by atoms with van der Waals surface area (Å²) in [4.78, 5) is 36.1. The van der Waals surface area contributed by atoms with Gasteiger partial charge in [-0.2, -0.15) is 11.8 Å².